The van der Waals surface area contributed by atoms with Crippen LogP contribution in [0.4, 0.5) is 13.2 Å². The van der Waals surface area contributed by atoms with E-state index in [0.29, 0.717) is 23.1 Å². The fourth-order valence-corrected chi connectivity index (χ4v) is 5.96. The van der Waals surface area contributed by atoms with E-state index in [-0.39, 0.29) is 41.8 Å². The molecule has 0 bridgehead atoms. The molecule has 5 atom stereocenters. The summed E-state index contributed by atoms with van der Waals surface area (Å²) in [7, 11) is 0. The molecule has 0 heterocycles. The fraction of sp³-hybridized carbons (Fsp3) is 0.538. The summed E-state index contributed by atoms with van der Waals surface area (Å²) in [5.41, 5.74) is 1.74. The van der Waals surface area contributed by atoms with E-state index >= 15 is 0 Å². The Bertz CT molecular complexity index is 929. The maximum Gasteiger partial charge on any atom is 0.200 e. The van der Waals surface area contributed by atoms with Gasteiger partial charge in [-0.25, -0.2) is 8.78 Å². The van der Waals surface area contributed by atoms with Gasteiger partial charge < -0.3 is 9.84 Å². The van der Waals surface area contributed by atoms with Crippen molar-refractivity contribution in [3.63, 3.8) is 0 Å². The fourth-order valence-electron chi connectivity index (χ4n) is 5.96. The van der Waals surface area contributed by atoms with E-state index in [1.807, 2.05) is 19.1 Å². The average Bonchev–Trinajstić information content (AvgIpc) is 3.35. The zero-order valence-corrected chi connectivity index (χ0v) is 18.2. The largest absolute Gasteiger partial charge is 0.491 e. The van der Waals surface area contributed by atoms with Crippen molar-refractivity contribution in [1.29, 1.82) is 0 Å². The number of hydrogen-bond donors (Lipinski definition) is 1. The van der Waals surface area contributed by atoms with Gasteiger partial charge in [0.15, 0.2) is 11.6 Å². The van der Waals surface area contributed by atoms with Crippen molar-refractivity contribution >= 4 is 0 Å². The predicted octanol–water partition coefficient (Wildman–Crippen LogP) is 7.02. The smallest absolute Gasteiger partial charge is 0.200 e. The van der Waals surface area contributed by atoms with Gasteiger partial charge in [0.05, 0.1) is 12.7 Å². The Labute approximate surface area is 182 Å². The van der Waals surface area contributed by atoms with Crippen molar-refractivity contribution < 1.29 is 23.0 Å². The maximum absolute atomic E-state index is 15.0. The second-order valence-electron chi connectivity index (χ2n) is 8.99. The van der Waals surface area contributed by atoms with Crippen molar-refractivity contribution in [1.82, 2.24) is 0 Å². The Morgan fingerprint density at radius 1 is 0.903 bits per heavy atom. The van der Waals surface area contributed by atoms with E-state index in [1.165, 1.54) is 12.1 Å². The lowest BCUT2D eigenvalue weighted by molar-refractivity contribution is 0.166. The summed E-state index contributed by atoms with van der Waals surface area (Å²) in [6, 6.07) is 8.31. The Balaban J connectivity index is 1.55. The lowest BCUT2D eigenvalue weighted by Crippen LogP contribution is -2.14. The number of aliphatic hydroxyl groups is 1. The molecular formula is C26H31F3O2. The molecule has 5 heteroatoms. The topological polar surface area (TPSA) is 29.5 Å². The highest BCUT2D eigenvalue weighted by atomic mass is 19.2. The minimum atomic E-state index is -0.912. The van der Waals surface area contributed by atoms with Crippen LogP contribution in [0.2, 0.25) is 0 Å². The molecule has 2 aromatic rings. The Morgan fingerprint density at radius 2 is 1.55 bits per heavy atom. The van der Waals surface area contributed by atoms with Crippen LogP contribution in [0.25, 0.3) is 0 Å². The van der Waals surface area contributed by atoms with Gasteiger partial charge in [0, 0.05) is 0 Å². The number of benzene rings is 2. The first-order valence-electron chi connectivity index (χ1n) is 11.5. The molecular weight excluding hydrogens is 401 g/mol. The number of ether oxygens (including phenoxy) is 1. The molecule has 1 N–H and O–H groups in total. The Hall–Kier alpha value is -2.01. The van der Waals surface area contributed by atoms with Gasteiger partial charge in [0.25, 0.3) is 0 Å². The molecule has 2 nitrogen and oxygen atoms in total. The number of hydrogen-bond acceptors (Lipinski definition) is 2. The quantitative estimate of drug-likeness (QED) is 0.509. The summed E-state index contributed by atoms with van der Waals surface area (Å²) in [5, 5.41) is 10.2. The normalized spacial score (nSPS) is 26.1. The molecule has 5 unspecified atom stereocenters. The number of aliphatic hydroxyl groups excluding tert-OH is 1. The summed E-state index contributed by atoms with van der Waals surface area (Å²) in [6.45, 7) is 4.01. The van der Waals surface area contributed by atoms with Crippen LogP contribution in [0.1, 0.15) is 87.0 Å². The van der Waals surface area contributed by atoms with Gasteiger partial charge in [-0.1, -0.05) is 31.5 Å². The van der Waals surface area contributed by atoms with Crippen molar-refractivity contribution in [3.05, 3.63) is 64.5 Å². The standard InChI is InChI=1S/C26H31F3O2/c1-3-5-23(30)15-6-7-20(22(27)14-15)18-10-8-17-16(18)9-11-19(17)21-12-13-24(31-4-2)26(29)25(21)28/h6-7,12-14,16-19,23,30H,3-5,8-11H2,1-2H3. The van der Waals surface area contributed by atoms with Crippen molar-refractivity contribution in [2.75, 3.05) is 6.61 Å². The van der Waals surface area contributed by atoms with Crippen LogP contribution in [0, 0.1) is 29.3 Å². The third kappa shape index (κ3) is 4.09. The summed E-state index contributed by atoms with van der Waals surface area (Å²) in [6.07, 6.45) is 4.20. The molecule has 4 rings (SSSR count). The molecule has 0 spiro atoms. The molecule has 0 aromatic heterocycles. The third-order valence-corrected chi connectivity index (χ3v) is 7.35. The summed E-state index contributed by atoms with van der Waals surface area (Å²) < 4.78 is 49.4. The Morgan fingerprint density at radius 3 is 2.16 bits per heavy atom. The van der Waals surface area contributed by atoms with E-state index in [2.05, 4.69) is 0 Å². The SMILES string of the molecule is CCCC(O)c1ccc(C2CCC3C(c4ccc(OCC)c(F)c4F)CCC23)c(F)c1. The van der Waals surface area contributed by atoms with Crippen molar-refractivity contribution in [3.8, 4) is 5.75 Å². The molecule has 2 fully saturated rings. The van der Waals surface area contributed by atoms with E-state index in [9.17, 15) is 18.3 Å². The minimum absolute atomic E-state index is 0.0463. The lowest BCUT2D eigenvalue weighted by atomic mass is 9.82. The van der Waals surface area contributed by atoms with Crippen molar-refractivity contribution in [2.24, 2.45) is 11.8 Å². The van der Waals surface area contributed by atoms with Gasteiger partial charge in [-0.05, 0) is 91.5 Å². The van der Waals surface area contributed by atoms with E-state index in [0.717, 1.165) is 32.1 Å². The Kier molecular flexibility index (Phi) is 6.61. The van der Waals surface area contributed by atoms with Crippen LogP contribution >= 0.6 is 0 Å². The molecule has 2 aliphatic rings. The summed E-state index contributed by atoms with van der Waals surface area (Å²) in [4.78, 5) is 0. The number of rotatable bonds is 7. The first kappa shape index (κ1) is 22.2. The molecule has 0 amide bonds. The van der Waals surface area contributed by atoms with Crippen LogP contribution < -0.4 is 4.74 Å². The molecule has 168 valence electrons. The summed E-state index contributed by atoms with van der Waals surface area (Å²) >= 11 is 0. The second kappa shape index (κ2) is 9.23. The van der Waals surface area contributed by atoms with Gasteiger partial charge in [-0.3, -0.25) is 0 Å². The second-order valence-corrected chi connectivity index (χ2v) is 8.99. The van der Waals surface area contributed by atoms with Gasteiger partial charge in [0.2, 0.25) is 5.82 Å². The minimum Gasteiger partial charge on any atom is -0.491 e. The zero-order chi connectivity index (χ0) is 22.1. The number of fused-ring (bicyclic) bond motifs is 1. The zero-order valence-electron chi connectivity index (χ0n) is 18.2. The molecule has 0 aliphatic heterocycles. The third-order valence-electron chi connectivity index (χ3n) is 7.35. The van der Waals surface area contributed by atoms with E-state index < -0.39 is 17.7 Å². The summed E-state index contributed by atoms with van der Waals surface area (Å²) in [5.74, 6) is -1.50. The van der Waals surface area contributed by atoms with Crippen LogP contribution in [0.5, 0.6) is 5.75 Å². The molecule has 2 saturated carbocycles. The predicted molar refractivity (Wildman–Crippen MR) is 115 cm³/mol. The van der Waals surface area contributed by atoms with Crippen LogP contribution in [-0.4, -0.2) is 11.7 Å². The van der Waals surface area contributed by atoms with Crippen molar-refractivity contribution in [2.45, 2.75) is 70.3 Å². The molecule has 31 heavy (non-hydrogen) atoms. The van der Waals surface area contributed by atoms with Gasteiger partial charge in [0.1, 0.15) is 5.82 Å². The lowest BCUT2D eigenvalue weighted by Gasteiger charge is -2.23. The van der Waals surface area contributed by atoms with Crippen LogP contribution in [0.3, 0.4) is 0 Å². The first-order chi connectivity index (χ1) is 15.0. The van der Waals surface area contributed by atoms with Crippen LogP contribution in [-0.2, 0) is 0 Å². The van der Waals surface area contributed by atoms with Gasteiger partial charge in [-0.2, -0.15) is 4.39 Å². The van der Waals surface area contributed by atoms with Gasteiger partial charge >= 0.3 is 0 Å². The average molecular weight is 433 g/mol. The number of halogens is 3. The van der Waals surface area contributed by atoms with Crippen LogP contribution in [0.15, 0.2) is 30.3 Å². The van der Waals surface area contributed by atoms with E-state index in [4.69, 9.17) is 4.74 Å². The van der Waals surface area contributed by atoms with Gasteiger partial charge in [-0.15, -0.1) is 0 Å². The first-order valence-corrected chi connectivity index (χ1v) is 11.5. The monoisotopic (exact) mass is 432 g/mol. The highest BCUT2D eigenvalue weighted by Crippen LogP contribution is 2.58. The molecule has 2 aromatic carbocycles. The molecule has 2 aliphatic carbocycles. The highest BCUT2D eigenvalue weighted by Gasteiger charge is 2.47. The van der Waals surface area contributed by atoms with E-state index in [1.54, 1.807) is 13.0 Å². The highest BCUT2D eigenvalue weighted by molar-refractivity contribution is 5.36. The molecule has 0 radical (unpaired) electrons. The maximum atomic E-state index is 15.0. The molecule has 0 saturated heterocycles.